The molecule has 0 aromatic carbocycles. The second-order valence-corrected chi connectivity index (χ2v) is 5.63. The number of furan rings is 1. The van der Waals surface area contributed by atoms with Gasteiger partial charge in [-0.1, -0.05) is 0 Å². The van der Waals surface area contributed by atoms with Crippen molar-refractivity contribution in [2.45, 2.75) is 40.5 Å². The zero-order valence-electron chi connectivity index (χ0n) is 14.7. The Morgan fingerprint density at radius 2 is 1.79 bits per heavy atom. The van der Waals surface area contributed by atoms with Gasteiger partial charge in [-0.3, -0.25) is 9.79 Å². The lowest BCUT2D eigenvalue weighted by Gasteiger charge is -2.29. The van der Waals surface area contributed by atoms with Crippen LogP contribution in [0.3, 0.4) is 0 Å². The van der Waals surface area contributed by atoms with Crippen molar-refractivity contribution in [2.75, 3.05) is 13.2 Å². The zero-order valence-corrected chi connectivity index (χ0v) is 14.7. The molecule has 1 aliphatic rings. The molecule has 0 amide bonds. The number of hydrogen-bond acceptors (Lipinski definition) is 6. The maximum atomic E-state index is 12.5. The minimum atomic E-state index is -0.710. The van der Waals surface area contributed by atoms with Crippen molar-refractivity contribution in [3.63, 3.8) is 0 Å². The van der Waals surface area contributed by atoms with Crippen LogP contribution in [0.2, 0.25) is 0 Å². The van der Waals surface area contributed by atoms with Gasteiger partial charge in [0.2, 0.25) is 0 Å². The van der Waals surface area contributed by atoms with Gasteiger partial charge in [0.1, 0.15) is 17.4 Å². The molecule has 0 bridgehead atoms. The molecule has 0 radical (unpaired) electrons. The van der Waals surface area contributed by atoms with Crippen LogP contribution in [0.4, 0.5) is 0 Å². The maximum absolute atomic E-state index is 12.5. The molecule has 2 atom stereocenters. The summed E-state index contributed by atoms with van der Waals surface area (Å²) in [4.78, 5) is 29.4. The Kier molecular flexibility index (Phi) is 5.59. The molecule has 1 aromatic rings. The molecule has 1 aromatic heterocycles. The normalized spacial score (nSPS) is 20.6. The van der Waals surface area contributed by atoms with E-state index < -0.39 is 23.8 Å². The number of aliphatic imine (C=N–C) groups is 1. The second kappa shape index (κ2) is 7.47. The first kappa shape index (κ1) is 18.0. The fourth-order valence-electron chi connectivity index (χ4n) is 2.98. The van der Waals surface area contributed by atoms with Crippen LogP contribution in [0.1, 0.15) is 45.1 Å². The molecule has 0 saturated carbocycles. The monoisotopic (exact) mass is 333 g/mol. The van der Waals surface area contributed by atoms with E-state index in [0.29, 0.717) is 28.5 Å². The predicted molar refractivity (Wildman–Crippen MR) is 88.8 cm³/mol. The molecule has 6 heteroatoms. The van der Waals surface area contributed by atoms with Gasteiger partial charge in [-0.2, -0.15) is 0 Å². The van der Waals surface area contributed by atoms with Crippen LogP contribution in [0, 0.1) is 12.8 Å². The quantitative estimate of drug-likeness (QED) is 0.773. The van der Waals surface area contributed by atoms with Gasteiger partial charge in [0.25, 0.3) is 0 Å². The molecule has 0 spiro atoms. The second-order valence-electron chi connectivity index (χ2n) is 5.63. The molecular weight excluding hydrogens is 310 g/mol. The number of allylic oxidation sites excluding steroid dienone is 1. The molecule has 0 unspecified atom stereocenters. The first-order valence-electron chi connectivity index (χ1n) is 8.06. The molecule has 6 nitrogen and oxygen atoms in total. The third-order valence-corrected chi connectivity index (χ3v) is 3.93. The number of carbonyl (C=O) groups excluding carboxylic acids is 2. The van der Waals surface area contributed by atoms with Crippen LogP contribution in [0.25, 0.3) is 0 Å². The van der Waals surface area contributed by atoms with Gasteiger partial charge in [0, 0.05) is 11.4 Å². The minimum Gasteiger partial charge on any atom is -0.466 e. The summed E-state index contributed by atoms with van der Waals surface area (Å²) < 4.78 is 16.1. The van der Waals surface area contributed by atoms with Gasteiger partial charge in [0.05, 0.1) is 24.7 Å². The topological polar surface area (TPSA) is 78.1 Å². The van der Waals surface area contributed by atoms with E-state index in [2.05, 4.69) is 4.99 Å². The average molecular weight is 333 g/mol. The molecule has 24 heavy (non-hydrogen) atoms. The van der Waals surface area contributed by atoms with E-state index >= 15 is 0 Å². The molecular formula is C18H23NO5. The van der Waals surface area contributed by atoms with Crippen LogP contribution < -0.4 is 0 Å². The highest BCUT2D eigenvalue weighted by molar-refractivity contribution is 6.06. The van der Waals surface area contributed by atoms with E-state index in [1.165, 1.54) is 0 Å². The zero-order chi connectivity index (χ0) is 17.9. The Bertz CT molecular complexity index is 698. The summed E-state index contributed by atoms with van der Waals surface area (Å²) >= 11 is 0. The lowest BCUT2D eigenvalue weighted by atomic mass is 9.78. The van der Waals surface area contributed by atoms with E-state index in [-0.39, 0.29) is 13.2 Å². The number of esters is 2. The standard InChI is InChI=1S/C18H23NO5/c1-6-22-17(20)14-11(4)19-12(5)15(18(21)23-7-2)16(14)13-9-8-10(3)24-13/h8-9,14,16H,6-7H2,1-5H3/t14-,16+/m0/s1. The van der Waals surface area contributed by atoms with Crippen molar-refractivity contribution in [3.05, 3.63) is 34.9 Å². The molecule has 0 saturated heterocycles. The number of nitrogens with zero attached hydrogens (tertiary/aromatic N) is 1. The summed E-state index contributed by atoms with van der Waals surface area (Å²) in [5, 5.41) is 0. The molecule has 0 N–H and O–H groups in total. The summed E-state index contributed by atoms with van der Waals surface area (Å²) in [7, 11) is 0. The van der Waals surface area contributed by atoms with Gasteiger partial charge in [-0.25, -0.2) is 4.79 Å². The molecule has 2 rings (SSSR count). The van der Waals surface area contributed by atoms with Crippen molar-refractivity contribution in [1.29, 1.82) is 0 Å². The van der Waals surface area contributed by atoms with Crippen LogP contribution in [-0.4, -0.2) is 30.9 Å². The van der Waals surface area contributed by atoms with Gasteiger partial charge in [-0.05, 0) is 46.8 Å². The lowest BCUT2D eigenvalue weighted by Crippen LogP contribution is -2.36. The van der Waals surface area contributed by atoms with Crippen LogP contribution in [0.15, 0.2) is 32.8 Å². The van der Waals surface area contributed by atoms with E-state index in [0.717, 1.165) is 0 Å². The summed E-state index contributed by atoms with van der Waals surface area (Å²) in [5.41, 5.74) is 1.47. The van der Waals surface area contributed by atoms with Gasteiger partial charge < -0.3 is 13.9 Å². The Balaban J connectivity index is 2.58. The fraction of sp³-hybridized carbons (Fsp3) is 0.500. The van der Waals surface area contributed by atoms with Crippen LogP contribution >= 0.6 is 0 Å². The Labute approximate surface area is 141 Å². The van der Waals surface area contributed by atoms with Crippen molar-refractivity contribution >= 4 is 17.7 Å². The summed E-state index contributed by atoms with van der Waals surface area (Å²) in [6.07, 6.45) is 0. The average Bonchev–Trinajstić information content (AvgIpc) is 2.93. The number of carbonyl (C=O) groups is 2. The number of aryl methyl sites for hydroxylation is 1. The Hall–Kier alpha value is -2.37. The molecule has 1 aliphatic heterocycles. The third-order valence-electron chi connectivity index (χ3n) is 3.93. The van der Waals surface area contributed by atoms with Gasteiger partial charge in [-0.15, -0.1) is 0 Å². The highest BCUT2D eigenvalue weighted by Gasteiger charge is 2.43. The first-order chi connectivity index (χ1) is 11.4. The number of ether oxygens (including phenoxy) is 2. The van der Waals surface area contributed by atoms with Crippen molar-refractivity contribution in [2.24, 2.45) is 10.9 Å². The Morgan fingerprint density at radius 3 is 2.33 bits per heavy atom. The highest BCUT2D eigenvalue weighted by atomic mass is 16.5. The predicted octanol–water partition coefficient (Wildman–Crippen LogP) is 3.16. The lowest BCUT2D eigenvalue weighted by molar-refractivity contribution is -0.146. The van der Waals surface area contributed by atoms with Crippen molar-refractivity contribution < 1.29 is 23.5 Å². The van der Waals surface area contributed by atoms with Crippen molar-refractivity contribution in [3.8, 4) is 0 Å². The first-order valence-corrected chi connectivity index (χ1v) is 8.06. The summed E-state index contributed by atoms with van der Waals surface area (Å²) in [5.74, 6) is -0.990. The smallest absolute Gasteiger partial charge is 0.336 e. The fourth-order valence-corrected chi connectivity index (χ4v) is 2.98. The van der Waals surface area contributed by atoms with Gasteiger partial charge >= 0.3 is 11.9 Å². The van der Waals surface area contributed by atoms with Crippen molar-refractivity contribution in [1.82, 2.24) is 0 Å². The van der Waals surface area contributed by atoms with E-state index in [4.69, 9.17) is 13.9 Å². The summed E-state index contributed by atoms with van der Waals surface area (Å²) in [6.45, 7) is 9.28. The van der Waals surface area contributed by atoms with Gasteiger partial charge in [0.15, 0.2) is 0 Å². The van der Waals surface area contributed by atoms with E-state index in [1.54, 1.807) is 39.8 Å². The summed E-state index contributed by atoms with van der Waals surface area (Å²) in [6, 6.07) is 3.58. The largest absolute Gasteiger partial charge is 0.466 e. The van der Waals surface area contributed by atoms with Crippen LogP contribution in [0.5, 0.6) is 0 Å². The van der Waals surface area contributed by atoms with Crippen LogP contribution in [-0.2, 0) is 19.1 Å². The minimum absolute atomic E-state index is 0.242. The molecule has 2 heterocycles. The van der Waals surface area contributed by atoms with E-state index in [9.17, 15) is 9.59 Å². The highest BCUT2D eigenvalue weighted by Crippen LogP contribution is 2.40. The van der Waals surface area contributed by atoms with E-state index in [1.807, 2.05) is 6.92 Å². The SMILES string of the molecule is CCOC(=O)C1=C(C)N=C(C)[C@H](C(=O)OCC)[C@H]1c1ccc(C)o1. The number of hydrogen-bond donors (Lipinski definition) is 0. The Morgan fingerprint density at radius 1 is 1.12 bits per heavy atom. The third kappa shape index (κ3) is 3.42. The molecule has 0 fully saturated rings. The molecule has 130 valence electrons. The number of rotatable bonds is 5. The maximum Gasteiger partial charge on any atom is 0.336 e. The molecule has 0 aliphatic carbocycles.